The minimum Gasteiger partial charge on any atom is -0.300 e. The number of Topliss-reactive ketones (excluding diaryl/α,β-unsaturated/α-hetero) is 2. The summed E-state index contributed by atoms with van der Waals surface area (Å²) in [6.07, 6.45) is -3.46. The van der Waals surface area contributed by atoms with Crippen molar-refractivity contribution in [3.05, 3.63) is 59.2 Å². The number of fused-ring (bicyclic) bond motifs is 1. The van der Waals surface area contributed by atoms with Crippen LogP contribution in [0.2, 0.25) is 0 Å². The van der Waals surface area contributed by atoms with Crippen molar-refractivity contribution in [1.82, 2.24) is 4.90 Å². The Bertz CT molecular complexity index is 1370. The molecule has 1 aliphatic carbocycles. The molecule has 12 heteroatoms. The predicted octanol–water partition coefficient (Wildman–Crippen LogP) is 3.96. The van der Waals surface area contributed by atoms with Crippen molar-refractivity contribution in [3.8, 4) is 0 Å². The van der Waals surface area contributed by atoms with Gasteiger partial charge in [0.1, 0.15) is 5.78 Å². The first-order valence-corrected chi connectivity index (χ1v) is 12.6. The summed E-state index contributed by atoms with van der Waals surface area (Å²) >= 11 is 0. The fourth-order valence-electron chi connectivity index (χ4n) is 4.40. The molecule has 36 heavy (non-hydrogen) atoms. The van der Waals surface area contributed by atoms with Gasteiger partial charge in [0.2, 0.25) is 0 Å². The molecule has 0 saturated heterocycles. The van der Waals surface area contributed by atoms with Crippen molar-refractivity contribution in [2.24, 2.45) is 0 Å². The maximum Gasteiger partial charge on any atom is 0.417 e. The third-order valence-corrected chi connectivity index (χ3v) is 7.60. The number of amides is 2. The summed E-state index contributed by atoms with van der Waals surface area (Å²) in [6.45, 7) is 0. The smallest absolute Gasteiger partial charge is 0.300 e. The molecule has 8 nitrogen and oxygen atoms in total. The Morgan fingerprint density at radius 1 is 0.861 bits per heavy atom. The molecule has 190 valence electrons. The molecule has 2 amide bonds. The molecule has 1 fully saturated rings. The van der Waals surface area contributed by atoms with Crippen LogP contribution in [-0.4, -0.2) is 42.7 Å². The summed E-state index contributed by atoms with van der Waals surface area (Å²) < 4.78 is 67.5. The van der Waals surface area contributed by atoms with Gasteiger partial charge in [-0.3, -0.25) is 28.8 Å². The number of ketones is 2. The first kappa shape index (κ1) is 25.5. The monoisotopic (exact) mass is 522 g/mol. The van der Waals surface area contributed by atoms with E-state index in [4.69, 9.17) is 0 Å². The number of halogens is 3. The molecule has 0 bridgehead atoms. The van der Waals surface area contributed by atoms with Crippen molar-refractivity contribution in [2.45, 2.75) is 55.6 Å². The number of hydrogen-bond acceptors (Lipinski definition) is 6. The fraction of sp³-hybridized carbons (Fsp3) is 0.333. The van der Waals surface area contributed by atoms with Crippen molar-refractivity contribution in [2.75, 3.05) is 4.72 Å². The van der Waals surface area contributed by atoms with E-state index in [2.05, 4.69) is 0 Å². The molecule has 1 N–H and O–H groups in total. The molecule has 0 radical (unpaired) electrons. The van der Waals surface area contributed by atoms with Crippen molar-refractivity contribution >= 4 is 39.1 Å². The lowest BCUT2D eigenvalue weighted by molar-refractivity contribution is -0.139. The molecule has 0 aromatic heterocycles. The Morgan fingerprint density at radius 2 is 1.53 bits per heavy atom. The number of rotatable bonds is 4. The summed E-state index contributed by atoms with van der Waals surface area (Å²) in [7, 11) is -4.71. The number of imide groups is 1. The average Bonchev–Trinajstić information content (AvgIpc) is 3.09. The molecular formula is C24H21F3N2O6S. The number of nitrogens with one attached hydrogen (secondary N) is 1. The van der Waals surface area contributed by atoms with E-state index in [-0.39, 0.29) is 47.6 Å². The highest BCUT2D eigenvalue weighted by Gasteiger charge is 2.43. The molecule has 2 aromatic carbocycles. The van der Waals surface area contributed by atoms with Gasteiger partial charge in [-0.25, -0.2) is 8.42 Å². The van der Waals surface area contributed by atoms with E-state index in [1.807, 2.05) is 4.72 Å². The highest BCUT2D eigenvalue weighted by Crippen LogP contribution is 2.35. The lowest BCUT2D eigenvalue weighted by Crippen LogP contribution is -2.45. The Morgan fingerprint density at radius 3 is 2.25 bits per heavy atom. The van der Waals surface area contributed by atoms with Crippen LogP contribution in [0.3, 0.4) is 0 Å². The number of nitrogens with zero attached hydrogens (tertiary/aromatic N) is 1. The summed E-state index contributed by atoms with van der Waals surface area (Å²) in [5.41, 5.74) is -1.85. The van der Waals surface area contributed by atoms with Gasteiger partial charge in [-0.1, -0.05) is 12.1 Å². The van der Waals surface area contributed by atoms with Gasteiger partial charge in [-0.05, 0) is 49.6 Å². The maximum atomic E-state index is 13.3. The molecule has 2 aliphatic rings. The number of anilines is 1. The van der Waals surface area contributed by atoms with Gasteiger partial charge >= 0.3 is 6.18 Å². The summed E-state index contributed by atoms with van der Waals surface area (Å²) in [6, 6.07) is 5.89. The second kappa shape index (κ2) is 9.49. The first-order valence-electron chi connectivity index (χ1n) is 11.2. The second-order valence-corrected chi connectivity index (χ2v) is 10.3. The Labute approximate surface area is 204 Å². The maximum absolute atomic E-state index is 13.3. The van der Waals surface area contributed by atoms with Gasteiger partial charge in [-0.2, -0.15) is 13.2 Å². The standard InChI is InChI=1S/C24H21F3N2O6S/c25-24(26,27)18-6-2-4-8-21(18)36(34,35)28-14-9-11-16-17(13-14)23(33)29(22(16)32)19-12-10-15(30)5-1-3-7-20(19)31/h2,4,6,8-9,11,13,19,28H,1,3,5,7,10,12H2. The van der Waals surface area contributed by atoms with Gasteiger partial charge in [0.05, 0.1) is 27.6 Å². The molecule has 1 saturated carbocycles. The van der Waals surface area contributed by atoms with Crippen LogP contribution in [-0.2, 0) is 25.8 Å². The van der Waals surface area contributed by atoms with E-state index >= 15 is 0 Å². The summed E-state index contributed by atoms with van der Waals surface area (Å²) in [5, 5.41) is 0. The van der Waals surface area contributed by atoms with Crippen LogP contribution in [0.1, 0.15) is 64.8 Å². The quantitative estimate of drug-likeness (QED) is 0.608. The Hall–Kier alpha value is -3.54. The van der Waals surface area contributed by atoms with Crippen LogP contribution < -0.4 is 4.72 Å². The molecule has 1 unspecified atom stereocenters. The summed E-state index contributed by atoms with van der Waals surface area (Å²) in [5.74, 6) is -2.00. The molecular weight excluding hydrogens is 501 g/mol. The average molecular weight is 523 g/mol. The normalized spacial score (nSPS) is 19.5. The van der Waals surface area contributed by atoms with Gasteiger partial charge < -0.3 is 0 Å². The van der Waals surface area contributed by atoms with E-state index in [9.17, 15) is 40.8 Å². The zero-order chi connectivity index (χ0) is 26.3. The fourth-order valence-corrected chi connectivity index (χ4v) is 5.67. The van der Waals surface area contributed by atoms with Crippen LogP contribution in [0.4, 0.5) is 18.9 Å². The van der Waals surface area contributed by atoms with Crippen LogP contribution in [0.15, 0.2) is 47.4 Å². The molecule has 0 spiro atoms. The molecule has 4 rings (SSSR count). The first-order chi connectivity index (χ1) is 16.9. The SMILES string of the molecule is O=C1CCCCC(=O)C(N2C(=O)c3ccc(NS(=O)(=O)c4ccccc4C(F)(F)F)cc3C2=O)CC1. The number of carbonyl (C=O) groups excluding carboxylic acids is 4. The minimum atomic E-state index is -4.92. The van der Waals surface area contributed by atoms with E-state index < -0.39 is 44.5 Å². The van der Waals surface area contributed by atoms with Gasteiger partial charge in [0.25, 0.3) is 21.8 Å². The van der Waals surface area contributed by atoms with Gasteiger partial charge in [0.15, 0.2) is 5.78 Å². The van der Waals surface area contributed by atoms with E-state index in [0.29, 0.717) is 25.3 Å². The van der Waals surface area contributed by atoms with Crippen molar-refractivity contribution in [3.63, 3.8) is 0 Å². The van der Waals surface area contributed by atoms with Crippen LogP contribution in [0, 0.1) is 0 Å². The number of sulfonamides is 1. The molecule has 1 aliphatic heterocycles. The molecule has 1 atom stereocenters. The van der Waals surface area contributed by atoms with Crippen LogP contribution in [0.25, 0.3) is 0 Å². The highest BCUT2D eigenvalue weighted by molar-refractivity contribution is 7.92. The third kappa shape index (κ3) is 4.90. The number of hydrogen-bond donors (Lipinski definition) is 1. The lowest BCUT2D eigenvalue weighted by Gasteiger charge is -2.24. The number of carbonyl (C=O) groups is 4. The summed E-state index contributed by atoms with van der Waals surface area (Å²) in [4.78, 5) is 50.6. The Kier molecular flexibility index (Phi) is 6.74. The zero-order valence-corrected chi connectivity index (χ0v) is 19.6. The number of alkyl halides is 3. The third-order valence-electron chi connectivity index (χ3n) is 6.16. The van der Waals surface area contributed by atoms with Crippen LogP contribution in [0.5, 0.6) is 0 Å². The minimum absolute atomic E-state index is 0.00313. The van der Waals surface area contributed by atoms with E-state index in [1.54, 1.807) is 0 Å². The van der Waals surface area contributed by atoms with Crippen molar-refractivity contribution in [1.29, 1.82) is 0 Å². The lowest BCUT2D eigenvalue weighted by atomic mass is 10.0. The predicted molar refractivity (Wildman–Crippen MR) is 121 cm³/mol. The molecule has 2 aromatic rings. The topological polar surface area (TPSA) is 118 Å². The number of benzene rings is 2. The Balaban J connectivity index is 1.63. The zero-order valence-electron chi connectivity index (χ0n) is 18.8. The van der Waals surface area contributed by atoms with E-state index in [0.717, 1.165) is 35.2 Å². The van der Waals surface area contributed by atoms with E-state index in [1.165, 1.54) is 6.07 Å². The molecule has 1 heterocycles. The van der Waals surface area contributed by atoms with Crippen LogP contribution >= 0.6 is 0 Å². The largest absolute Gasteiger partial charge is 0.417 e. The second-order valence-electron chi connectivity index (χ2n) is 8.61. The van der Waals surface area contributed by atoms with Gasteiger partial charge in [-0.15, -0.1) is 0 Å². The highest BCUT2D eigenvalue weighted by atomic mass is 32.2. The van der Waals surface area contributed by atoms with Gasteiger partial charge in [0, 0.05) is 24.9 Å². The van der Waals surface area contributed by atoms with Crippen molar-refractivity contribution < 1.29 is 40.8 Å².